The van der Waals surface area contributed by atoms with Crippen molar-refractivity contribution in [1.82, 2.24) is 4.98 Å². The summed E-state index contributed by atoms with van der Waals surface area (Å²) in [6, 6.07) is 7.80. The maximum absolute atomic E-state index is 12.4. The molecule has 7 nitrogen and oxygen atoms in total. The summed E-state index contributed by atoms with van der Waals surface area (Å²) in [5, 5.41) is 8.59. The van der Waals surface area contributed by atoms with Gasteiger partial charge < -0.3 is 10.1 Å². The van der Waals surface area contributed by atoms with Crippen molar-refractivity contribution in [3.63, 3.8) is 0 Å². The first-order valence-corrected chi connectivity index (χ1v) is 8.07. The molecule has 2 rings (SSSR count). The van der Waals surface area contributed by atoms with Crippen LogP contribution in [0.3, 0.4) is 0 Å². The van der Waals surface area contributed by atoms with Crippen LogP contribution >= 0.6 is 11.6 Å². The molecule has 0 bridgehead atoms. The number of rotatable bonds is 6. The number of Topliss-reactive ketones (excluding diaryl/α,β-unsaturated/α-hetero) is 2. The Morgan fingerprint density at radius 2 is 1.65 bits per heavy atom. The number of hydrogen-bond acceptors (Lipinski definition) is 5. The van der Waals surface area contributed by atoms with E-state index >= 15 is 0 Å². The lowest BCUT2D eigenvalue weighted by atomic mass is 10.1. The molecular weight excluding hydrogens is 346 g/mol. The molecule has 0 aliphatic rings. The van der Waals surface area contributed by atoms with Crippen molar-refractivity contribution in [1.29, 1.82) is 0 Å². The molecule has 2 N–H and O–H groups in total. The fourth-order valence-electron chi connectivity index (χ4n) is 1.75. The van der Waals surface area contributed by atoms with E-state index in [9.17, 15) is 22.8 Å². The van der Waals surface area contributed by atoms with Crippen LogP contribution in [0.25, 0.3) is 0 Å². The quantitative estimate of drug-likeness (QED) is 0.462. The first-order chi connectivity index (χ1) is 10.7. The van der Waals surface area contributed by atoms with Crippen LogP contribution in [0.2, 0.25) is 5.02 Å². The first-order valence-electron chi connectivity index (χ1n) is 6.21. The highest BCUT2D eigenvalue weighted by atomic mass is 35.5. The van der Waals surface area contributed by atoms with Gasteiger partial charge in [0.25, 0.3) is 0 Å². The number of nitrogens with one attached hydrogen (secondary N) is 1. The van der Waals surface area contributed by atoms with E-state index in [4.69, 9.17) is 16.7 Å². The largest absolute Gasteiger partial charge is 0.475 e. The number of halogens is 1. The molecule has 0 spiro atoms. The van der Waals surface area contributed by atoms with E-state index in [1.807, 2.05) is 0 Å². The summed E-state index contributed by atoms with van der Waals surface area (Å²) in [5.41, 5.74) is -0.160. The lowest BCUT2D eigenvalue weighted by molar-refractivity contribution is -0.148. The van der Waals surface area contributed by atoms with Gasteiger partial charge in [-0.3, -0.25) is 9.59 Å². The Balaban J connectivity index is 2.28. The Hall–Kier alpha value is -2.45. The van der Waals surface area contributed by atoms with E-state index in [2.05, 4.69) is 4.98 Å². The van der Waals surface area contributed by atoms with Crippen molar-refractivity contribution in [3.05, 3.63) is 47.1 Å². The second-order valence-corrected chi connectivity index (χ2v) is 6.88. The highest BCUT2D eigenvalue weighted by Crippen LogP contribution is 2.22. The van der Waals surface area contributed by atoms with Crippen LogP contribution < -0.4 is 0 Å². The van der Waals surface area contributed by atoms with Gasteiger partial charge in [0, 0.05) is 5.02 Å². The van der Waals surface area contributed by atoms with Gasteiger partial charge in [0.15, 0.2) is 5.78 Å². The van der Waals surface area contributed by atoms with Gasteiger partial charge >= 0.3 is 5.97 Å². The number of carbonyl (C=O) groups is 3. The number of carbonyl (C=O) groups excluding carboxylic acids is 2. The van der Waals surface area contributed by atoms with Crippen molar-refractivity contribution in [2.45, 2.75) is 16.3 Å². The number of aliphatic carboxylic acids is 1. The number of sulfone groups is 1. The highest BCUT2D eigenvalue weighted by molar-refractivity contribution is 7.91. The Kier molecular flexibility index (Phi) is 4.67. The van der Waals surface area contributed by atoms with Crippen molar-refractivity contribution in [2.24, 2.45) is 0 Å². The molecule has 0 saturated carbocycles. The summed E-state index contributed by atoms with van der Waals surface area (Å²) in [7, 11) is -3.88. The second kappa shape index (κ2) is 6.35. The summed E-state index contributed by atoms with van der Waals surface area (Å²) in [5.74, 6) is -3.81. The van der Waals surface area contributed by atoms with E-state index < -0.39 is 33.8 Å². The SMILES string of the molecule is O=C(O)C(=O)CC(=O)c1ccc(S(=O)(=O)c2ccc(Cl)cc2)[nH]1. The summed E-state index contributed by atoms with van der Waals surface area (Å²) in [6.45, 7) is 0. The van der Waals surface area contributed by atoms with Crippen LogP contribution in [0.5, 0.6) is 0 Å². The molecule has 0 aliphatic carbocycles. The molecule has 1 aromatic carbocycles. The van der Waals surface area contributed by atoms with Crippen LogP contribution in [0.15, 0.2) is 46.3 Å². The smallest absolute Gasteiger partial charge is 0.372 e. The van der Waals surface area contributed by atoms with Gasteiger partial charge in [0.05, 0.1) is 17.0 Å². The monoisotopic (exact) mass is 355 g/mol. The van der Waals surface area contributed by atoms with Crippen LogP contribution in [-0.4, -0.2) is 36.0 Å². The summed E-state index contributed by atoms with van der Waals surface area (Å²) in [4.78, 5) is 35.6. The highest BCUT2D eigenvalue weighted by Gasteiger charge is 2.23. The average Bonchev–Trinajstić information content (AvgIpc) is 2.98. The summed E-state index contributed by atoms with van der Waals surface area (Å²) in [6.07, 6.45) is -0.851. The van der Waals surface area contributed by atoms with Gasteiger partial charge in [-0.25, -0.2) is 13.2 Å². The van der Waals surface area contributed by atoms with E-state index in [-0.39, 0.29) is 15.6 Å². The zero-order valence-corrected chi connectivity index (χ0v) is 13.0. The molecule has 9 heteroatoms. The fourth-order valence-corrected chi connectivity index (χ4v) is 3.12. The molecule has 0 saturated heterocycles. The van der Waals surface area contributed by atoms with Crippen molar-refractivity contribution >= 4 is 39.0 Å². The third-order valence-electron chi connectivity index (χ3n) is 2.93. The second-order valence-electron chi connectivity index (χ2n) is 4.52. The third kappa shape index (κ3) is 3.66. The molecule has 120 valence electrons. The lowest BCUT2D eigenvalue weighted by Gasteiger charge is -2.02. The molecule has 0 atom stereocenters. The lowest BCUT2D eigenvalue weighted by Crippen LogP contribution is -2.17. The van der Waals surface area contributed by atoms with E-state index in [1.165, 1.54) is 36.4 Å². The van der Waals surface area contributed by atoms with Crippen LogP contribution in [-0.2, 0) is 19.4 Å². The van der Waals surface area contributed by atoms with Crippen LogP contribution in [0.4, 0.5) is 0 Å². The Morgan fingerprint density at radius 1 is 1.04 bits per heavy atom. The number of aromatic amines is 1. The number of carboxylic acid groups (broad SMARTS) is 1. The van der Waals surface area contributed by atoms with Crippen molar-refractivity contribution in [3.8, 4) is 0 Å². The topological polar surface area (TPSA) is 121 Å². The predicted octanol–water partition coefficient (Wildman–Crippen LogP) is 1.73. The number of ketones is 2. The molecule has 0 unspecified atom stereocenters. The van der Waals surface area contributed by atoms with Gasteiger partial charge in [-0.2, -0.15) is 0 Å². The third-order valence-corrected chi connectivity index (χ3v) is 4.89. The average molecular weight is 356 g/mol. The molecule has 1 aromatic heterocycles. The molecular formula is C14H10ClNO6S. The first kappa shape index (κ1) is 16.9. The standard InChI is InChI=1S/C14H10ClNO6S/c15-8-1-3-9(4-2-8)23(21,22)13-6-5-10(16-13)11(17)7-12(18)14(19)20/h1-6,16H,7H2,(H,19,20). The van der Waals surface area contributed by atoms with Crippen molar-refractivity contribution < 1.29 is 27.9 Å². The molecule has 1 heterocycles. The minimum atomic E-state index is -3.88. The maximum Gasteiger partial charge on any atom is 0.372 e. The number of aromatic nitrogens is 1. The van der Waals surface area contributed by atoms with Gasteiger partial charge in [0.1, 0.15) is 5.03 Å². The minimum Gasteiger partial charge on any atom is -0.475 e. The molecule has 0 amide bonds. The molecule has 0 radical (unpaired) electrons. The number of H-pyrrole nitrogens is 1. The fraction of sp³-hybridized carbons (Fsp3) is 0.0714. The Labute approximate surface area is 135 Å². The summed E-state index contributed by atoms with van der Waals surface area (Å²) >= 11 is 5.70. The van der Waals surface area contributed by atoms with E-state index in [1.54, 1.807) is 0 Å². The Morgan fingerprint density at radius 3 is 2.22 bits per heavy atom. The summed E-state index contributed by atoms with van der Waals surface area (Å²) < 4.78 is 24.7. The van der Waals surface area contributed by atoms with Gasteiger partial charge in [-0.1, -0.05) is 11.6 Å². The van der Waals surface area contributed by atoms with E-state index in [0.29, 0.717) is 5.02 Å². The van der Waals surface area contributed by atoms with Crippen molar-refractivity contribution in [2.75, 3.05) is 0 Å². The van der Waals surface area contributed by atoms with Gasteiger partial charge in [-0.15, -0.1) is 0 Å². The Bertz CT molecular complexity index is 882. The normalized spacial score (nSPS) is 11.2. The molecule has 0 aliphatic heterocycles. The van der Waals surface area contributed by atoms with Gasteiger partial charge in [-0.05, 0) is 36.4 Å². The number of carboxylic acids is 1. The number of hydrogen-bond donors (Lipinski definition) is 2. The molecule has 0 fully saturated rings. The van der Waals surface area contributed by atoms with Crippen LogP contribution in [0, 0.1) is 0 Å². The maximum atomic E-state index is 12.4. The van der Waals surface area contributed by atoms with Gasteiger partial charge in [0.2, 0.25) is 15.6 Å². The predicted molar refractivity (Wildman–Crippen MR) is 79.3 cm³/mol. The zero-order chi connectivity index (χ0) is 17.2. The minimum absolute atomic E-state index is 0.0237. The number of benzene rings is 1. The van der Waals surface area contributed by atoms with Crippen LogP contribution in [0.1, 0.15) is 16.9 Å². The van der Waals surface area contributed by atoms with E-state index in [0.717, 1.165) is 0 Å². The zero-order valence-electron chi connectivity index (χ0n) is 11.4. The molecule has 2 aromatic rings. The molecule has 23 heavy (non-hydrogen) atoms.